The molecule has 0 saturated heterocycles. The molecule has 3 fully saturated rings. The molecule has 0 aromatic carbocycles. The SMILES string of the molecule is CC(OC(=O)C(C)(C)C)[C@H]1CCC2=C3CCC4CC(=O)CC[C@]4(CO)[C@H]3CC[C@@]21C. The molecule has 168 valence electrons. The number of aliphatic hydroxyl groups excluding tert-OH is 1. The highest BCUT2D eigenvalue weighted by Crippen LogP contribution is 2.65. The standard InChI is InChI=1S/C26H40O4/c1-16(30-23(29)24(2,3)4)20-8-9-21-19-7-6-17-14-18(28)10-13-26(17,15-27)22(19)11-12-25(20,21)5/h16-17,20,22,27H,6-15H2,1-5H3/t16?,17?,20-,22+,25-,26-/m1/s1. The molecule has 4 heteroatoms. The number of Topliss-reactive ketones (excluding diaryl/α,β-unsaturated/α-hetero) is 1. The van der Waals surface area contributed by atoms with Gasteiger partial charge in [0, 0.05) is 30.8 Å². The number of ketones is 1. The van der Waals surface area contributed by atoms with Gasteiger partial charge in [0.2, 0.25) is 0 Å². The summed E-state index contributed by atoms with van der Waals surface area (Å²) in [5.74, 6) is 1.43. The van der Waals surface area contributed by atoms with E-state index >= 15 is 0 Å². The average Bonchev–Trinajstić information content (AvgIpc) is 3.04. The third-order valence-electron chi connectivity index (χ3n) is 9.35. The van der Waals surface area contributed by atoms with Crippen LogP contribution in [-0.2, 0) is 14.3 Å². The predicted molar refractivity (Wildman–Crippen MR) is 117 cm³/mol. The largest absolute Gasteiger partial charge is 0.462 e. The second kappa shape index (κ2) is 7.46. The third-order valence-corrected chi connectivity index (χ3v) is 9.35. The first-order valence-corrected chi connectivity index (χ1v) is 12.1. The molecule has 0 heterocycles. The minimum Gasteiger partial charge on any atom is -0.462 e. The van der Waals surface area contributed by atoms with Gasteiger partial charge in [-0.3, -0.25) is 9.59 Å². The Kier molecular flexibility index (Phi) is 5.48. The van der Waals surface area contributed by atoms with Gasteiger partial charge in [-0.05, 0) is 89.9 Å². The number of hydrogen-bond donors (Lipinski definition) is 1. The topological polar surface area (TPSA) is 63.6 Å². The Morgan fingerprint density at radius 2 is 1.90 bits per heavy atom. The van der Waals surface area contributed by atoms with Crippen molar-refractivity contribution in [1.82, 2.24) is 0 Å². The summed E-state index contributed by atoms with van der Waals surface area (Å²) in [5.41, 5.74) is 2.73. The minimum absolute atomic E-state index is 0.0770. The first-order valence-electron chi connectivity index (χ1n) is 12.1. The molecule has 4 nitrogen and oxygen atoms in total. The van der Waals surface area contributed by atoms with Gasteiger partial charge in [-0.2, -0.15) is 0 Å². The number of allylic oxidation sites excluding steroid dienone is 2. The van der Waals surface area contributed by atoms with E-state index < -0.39 is 5.41 Å². The number of rotatable bonds is 3. The lowest BCUT2D eigenvalue weighted by Gasteiger charge is -2.56. The zero-order chi connectivity index (χ0) is 21.9. The van der Waals surface area contributed by atoms with E-state index in [4.69, 9.17) is 4.74 Å². The maximum atomic E-state index is 12.5. The van der Waals surface area contributed by atoms with Gasteiger partial charge in [0.25, 0.3) is 0 Å². The molecule has 4 rings (SSSR count). The van der Waals surface area contributed by atoms with Crippen molar-refractivity contribution < 1.29 is 19.4 Å². The molecule has 0 aliphatic heterocycles. The molecule has 0 aromatic heterocycles. The number of esters is 1. The summed E-state index contributed by atoms with van der Waals surface area (Å²) in [5, 5.41) is 10.5. The van der Waals surface area contributed by atoms with Crippen molar-refractivity contribution in [2.45, 2.75) is 98.5 Å². The van der Waals surface area contributed by atoms with Crippen molar-refractivity contribution in [3.63, 3.8) is 0 Å². The second-order valence-electron chi connectivity index (χ2n) is 11.9. The van der Waals surface area contributed by atoms with Crippen LogP contribution in [0.5, 0.6) is 0 Å². The first kappa shape index (κ1) is 22.0. The zero-order valence-corrected chi connectivity index (χ0v) is 19.6. The highest BCUT2D eigenvalue weighted by Gasteiger charge is 2.57. The fourth-order valence-corrected chi connectivity index (χ4v) is 7.61. The van der Waals surface area contributed by atoms with Gasteiger partial charge < -0.3 is 9.84 Å². The number of carbonyl (C=O) groups excluding carboxylic acids is 2. The Morgan fingerprint density at radius 3 is 2.57 bits per heavy atom. The molecule has 1 N–H and O–H groups in total. The van der Waals surface area contributed by atoms with Crippen LogP contribution >= 0.6 is 0 Å². The number of fused-ring (bicyclic) bond motifs is 4. The van der Waals surface area contributed by atoms with E-state index in [2.05, 4.69) is 13.8 Å². The van der Waals surface area contributed by atoms with E-state index in [-0.39, 0.29) is 29.5 Å². The molecular formula is C26H40O4. The highest BCUT2D eigenvalue weighted by molar-refractivity contribution is 5.80. The number of carbonyl (C=O) groups is 2. The van der Waals surface area contributed by atoms with Gasteiger partial charge in [0.15, 0.2) is 0 Å². The Bertz CT molecular complexity index is 759. The van der Waals surface area contributed by atoms with Gasteiger partial charge in [-0.25, -0.2) is 0 Å². The van der Waals surface area contributed by atoms with Crippen LogP contribution in [0.2, 0.25) is 0 Å². The molecular weight excluding hydrogens is 376 g/mol. The molecule has 2 unspecified atom stereocenters. The summed E-state index contributed by atoms with van der Waals surface area (Å²) in [6, 6.07) is 0. The monoisotopic (exact) mass is 416 g/mol. The van der Waals surface area contributed by atoms with Crippen molar-refractivity contribution >= 4 is 11.8 Å². The van der Waals surface area contributed by atoms with Crippen LogP contribution in [0.1, 0.15) is 92.4 Å². The molecule has 0 radical (unpaired) electrons. The minimum atomic E-state index is -0.475. The first-order chi connectivity index (χ1) is 14.0. The quantitative estimate of drug-likeness (QED) is 0.505. The molecule has 6 atom stereocenters. The van der Waals surface area contributed by atoms with E-state index in [9.17, 15) is 14.7 Å². The molecule has 0 bridgehead atoms. The van der Waals surface area contributed by atoms with Crippen molar-refractivity contribution in [1.29, 1.82) is 0 Å². The van der Waals surface area contributed by atoms with Crippen molar-refractivity contribution in [2.75, 3.05) is 6.61 Å². The second-order valence-corrected chi connectivity index (χ2v) is 11.9. The summed E-state index contributed by atoms with van der Waals surface area (Å²) in [6.45, 7) is 10.4. The fraction of sp³-hybridized carbons (Fsp3) is 0.846. The van der Waals surface area contributed by atoms with Crippen molar-refractivity contribution in [3.05, 3.63) is 11.1 Å². The van der Waals surface area contributed by atoms with E-state index in [0.717, 1.165) is 44.9 Å². The van der Waals surface area contributed by atoms with Crippen molar-refractivity contribution in [3.8, 4) is 0 Å². The van der Waals surface area contributed by atoms with Crippen LogP contribution in [0, 0.1) is 34.0 Å². The average molecular weight is 417 g/mol. The summed E-state index contributed by atoms with van der Waals surface area (Å²) in [6.07, 6.45) is 8.56. The summed E-state index contributed by atoms with van der Waals surface area (Å²) < 4.78 is 5.95. The Hall–Kier alpha value is -1.16. The fourth-order valence-electron chi connectivity index (χ4n) is 7.61. The maximum absolute atomic E-state index is 12.5. The van der Waals surface area contributed by atoms with Crippen molar-refractivity contribution in [2.24, 2.45) is 34.0 Å². The predicted octanol–water partition coefficient (Wildman–Crippen LogP) is 5.23. The summed E-state index contributed by atoms with van der Waals surface area (Å²) >= 11 is 0. The smallest absolute Gasteiger partial charge is 0.311 e. The van der Waals surface area contributed by atoms with Gasteiger partial charge in [-0.15, -0.1) is 0 Å². The zero-order valence-electron chi connectivity index (χ0n) is 19.6. The lowest BCUT2D eigenvalue weighted by atomic mass is 9.48. The van der Waals surface area contributed by atoms with Crippen LogP contribution in [0.15, 0.2) is 11.1 Å². The Morgan fingerprint density at radius 1 is 1.17 bits per heavy atom. The maximum Gasteiger partial charge on any atom is 0.311 e. The number of ether oxygens (including phenoxy) is 1. The van der Waals surface area contributed by atoms with E-state index in [1.807, 2.05) is 20.8 Å². The molecule has 0 amide bonds. The van der Waals surface area contributed by atoms with E-state index in [0.29, 0.717) is 36.4 Å². The summed E-state index contributed by atoms with van der Waals surface area (Å²) in [7, 11) is 0. The Balaban J connectivity index is 1.61. The van der Waals surface area contributed by atoms with Gasteiger partial charge >= 0.3 is 5.97 Å². The molecule has 0 aromatic rings. The van der Waals surface area contributed by atoms with Crippen LogP contribution in [0.4, 0.5) is 0 Å². The van der Waals surface area contributed by atoms with Crippen LogP contribution in [0.3, 0.4) is 0 Å². The normalized spacial score (nSPS) is 39.8. The summed E-state index contributed by atoms with van der Waals surface area (Å²) in [4.78, 5) is 24.6. The molecule has 30 heavy (non-hydrogen) atoms. The lowest BCUT2D eigenvalue weighted by Crippen LogP contribution is -2.51. The van der Waals surface area contributed by atoms with E-state index in [1.54, 1.807) is 11.1 Å². The number of aliphatic hydroxyl groups is 1. The third kappa shape index (κ3) is 3.29. The van der Waals surface area contributed by atoms with Crippen LogP contribution < -0.4 is 0 Å². The van der Waals surface area contributed by atoms with Crippen LogP contribution in [0.25, 0.3) is 0 Å². The molecule has 3 saturated carbocycles. The van der Waals surface area contributed by atoms with Gasteiger partial charge in [0.05, 0.1) is 5.41 Å². The lowest BCUT2D eigenvalue weighted by molar-refractivity contribution is -0.162. The Labute approximate surface area is 181 Å². The van der Waals surface area contributed by atoms with Crippen LogP contribution in [-0.4, -0.2) is 29.6 Å². The van der Waals surface area contributed by atoms with Gasteiger partial charge in [0.1, 0.15) is 11.9 Å². The molecule has 4 aliphatic carbocycles. The van der Waals surface area contributed by atoms with Gasteiger partial charge in [-0.1, -0.05) is 18.1 Å². The number of hydrogen-bond acceptors (Lipinski definition) is 4. The van der Waals surface area contributed by atoms with E-state index in [1.165, 1.54) is 0 Å². The highest BCUT2D eigenvalue weighted by atomic mass is 16.5. The molecule has 4 aliphatic rings. The molecule has 0 spiro atoms.